The molecule has 0 spiro atoms. The molecule has 0 atom stereocenters. The summed E-state index contributed by atoms with van der Waals surface area (Å²) in [4.78, 5) is 25.2. The molecule has 1 N–H and O–H groups in total. The molecule has 4 aromatic rings. The number of sulfone groups is 1. The van der Waals surface area contributed by atoms with Gasteiger partial charge < -0.3 is 9.64 Å². The summed E-state index contributed by atoms with van der Waals surface area (Å²) in [6.45, 7) is 1.62. The molecule has 0 bridgehead atoms. The molecule has 2 aromatic carbocycles. The summed E-state index contributed by atoms with van der Waals surface area (Å²) in [5, 5.41) is 0.442. The third kappa shape index (κ3) is 4.26. The Balaban J connectivity index is 1.52. The highest BCUT2D eigenvalue weighted by Crippen LogP contribution is 2.28. The van der Waals surface area contributed by atoms with E-state index in [2.05, 4.69) is 15.0 Å². The predicted molar refractivity (Wildman–Crippen MR) is 119 cm³/mol. The minimum absolute atomic E-state index is 0.0670. The van der Waals surface area contributed by atoms with Crippen LogP contribution in [-0.4, -0.2) is 36.2 Å². The third-order valence-electron chi connectivity index (χ3n) is 4.89. The Morgan fingerprint density at radius 3 is 2.29 bits per heavy atom. The number of fused-ring (bicyclic) bond motifs is 1. The molecule has 0 amide bonds. The van der Waals surface area contributed by atoms with E-state index in [1.54, 1.807) is 49.4 Å². The van der Waals surface area contributed by atoms with Crippen LogP contribution in [0.3, 0.4) is 0 Å². The minimum Gasteiger partial charge on any atom is -0.426 e. The van der Waals surface area contributed by atoms with Crippen LogP contribution in [0.1, 0.15) is 6.92 Å². The van der Waals surface area contributed by atoms with Gasteiger partial charge in [0, 0.05) is 24.6 Å². The Bertz CT molecular complexity index is 1380. The number of hydrogen-bond donors (Lipinski definition) is 1. The quantitative estimate of drug-likeness (QED) is 0.492. The summed E-state index contributed by atoms with van der Waals surface area (Å²) in [6.07, 6.45) is 3.04. The van der Waals surface area contributed by atoms with Crippen LogP contribution in [0.2, 0.25) is 0 Å². The molecule has 31 heavy (non-hydrogen) atoms. The van der Waals surface area contributed by atoms with Gasteiger partial charge in [0.2, 0.25) is 0 Å². The highest BCUT2D eigenvalue weighted by atomic mass is 32.2. The van der Waals surface area contributed by atoms with Gasteiger partial charge in [-0.15, -0.1) is 0 Å². The number of hydrogen-bond acceptors (Lipinski definition) is 7. The zero-order chi connectivity index (χ0) is 22.0. The maximum atomic E-state index is 12.1. The van der Waals surface area contributed by atoms with Crippen molar-refractivity contribution in [2.24, 2.45) is 0 Å². The SMILES string of the molecule is CCS(=O)(=O)c1ccc(N(C)c2ccc(Oc3nc4cnccc4c(=O)[nH]3)cc2)cc1. The van der Waals surface area contributed by atoms with Gasteiger partial charge in [0.15, 0.2) is 9.84 Å². The van der Waals surface area contributed by atoms with E-state index in [1.807, 2.05) is 24.1 Å². The molecule has 0 aliphatic rings. The number of ether oxygens (including phenoxy) is 1. The van der Waals surface area contributed by atoms with Crippen molar-refractivity contribution in [2.45, 2.75) is 11.8 Å². The normalized spacial score (nSPS) is 11.4. The number of H-pyrrole nitrogens is 1. The van der Waals surface area contributed by atoms with Gasteiger partial charge in [-0.3, -0.25) is 14.8 Å². The lowest BCUT2D eigenvalue weighted by Crippen LogP contribution is -2.10. The van der Waals surface area contributed by atoms with Crippen molar-refractivity contribution in [1.82, 2.24) is 15.0 Å². The lowest BCUT2D eigenvalue weighted by atomic mass is 10.2. The van der Waals surface area contributed by atoms with E-state index in [0.717, 1.165) is 11.4 Å². The molecule has 158 valence electrons. The van der Waals surface area contributed by atoms with Crippen molar-refractivity contribution in [2.75, 3.05) is 17.7 Å². The summed E-state index contributed by atoms with van der Waals surface area (Å²) in [7, 11) is -1.34. The Morgan fingerprint density at radius 1 is 1.00 bits per heavy atom. The second kappa shape index (κ2) is 8.19. The highest BCUT2D eigenvalue weighted by molar-refractivity contribution is 7.91. The summed E-state index contributed by atoms with van der Waals surface area (Å²) in [6, 6.07) is 15.7. The Kier molecular flexibility index (Phi) is 5.43. The van der Waals surface area contributed by atoms with Crippen molar-refractivity contribution in [1.29, 1.82) is 0 Å². The highest BCUT2D eigenvalue weighted by Gasteiger charge is 2.12. The van der Waals surface area contributed by atoms with E-state index in [0.29, 0.717) is 21.5 Å². The number of benzene rings is 2. The number of aromatic amines is 1. The van der Waals surface area contributed by atoms with Crippen LogP contribution in [0, 0.1) is 0 Å². The molecule has 0 saturated heterocycles. The maximum Gasteiger partial charge on any atom is 0.302 e. The van der Waals surface area contributed by atoms with E-state index in [1.165, 1.54) is 12.4 Å². The van der Waals surface area contributed by atoms with Gasteiger partial charge in [0.05, 0.1) is 27.7 Å². The lowest BCUT2D eigenvalue weighted by molar-refractivity contribution is 0.443. The molecule has 0 fully saturated rings. The van der Waals surface area contributed by atoms with Crippen molar-refractivity contribution >= 4 is 32.1 Å². The molecule has 0 unspecified atom stereocenters. The van der Waals surface area contributed by atoms with Crippen molar-refractivity contribution in [3.63, 3.8) is 0 Å². The fraction of sp³-hybridized carbons (Fsp3) is 0.136. The maximum absolute atomic E-state index is 12.1. The lowest BCUT2D eigenvalue weighted by Gasteiger charge is -2.20. The van der Waals surface area contributed by atoms with Gasteiger partial charge in [-0.2, -0.15) is 4.98 Å². The Hall–Kier alpha value is -3.72. The van der Waals surface area contributed by atoms with E-state index < -0.39 is 9.84 Å². The summed E-state index contributed by atoms with van der Waals surface area (Å²) in [5.74, 6) is 0.574. The number of nitrogens with zero attached hydrogens (tertiary/aromatic N) is 3. The van der Waals surface area contributed by atoms with Crippen molar-refractivity contribution in [3.05, 3.63) is 77.3 Å². The molecule has 0 saturated carbocycles. The zero-order valence-electron chi connectivity index (χ0n) is 16.9. The average Bonchev–Trinajstić information content (AvgIpc) is 2.79. The number of aromatic nitrogens is 3. The van der Waals surface area contributed by atoms with E-state index in [9.17, 15) is 13.2 Å². The first-order chi connectivity index (χ1) is 14.9. The molecule has 0 radical (unpaired) electrons. The number of rotatable bonds is 6. The fourth-order valence-electron chi connectivity index (χ4n) is 3.06. The standard InChI is InChI=1S/C22H20N4O4S/c1-3-31(28,29)18-10-6-16(7-11-18)26(2)15-4-8-17(9-5-15)30-22-24-20-14-23-13-12-19(20)21(27)25-22/h4-14H,3H2,1-2H3,(H,24,25,27). The average molecular weight is 436 g/mol. The van der Waals surface area contributed by atoms with Crippen LogP contribution < -0.4 is 15.2 Å². The number of pyridine rings is 1. The molecule has 9 heteroatoms. The van der Waals surface area contributed by atoms with Crippen LogP contribution in [-0.2, 0) is 9.84 Å². The van der Waals surface area contributed by atoms with Crippen LogP contribution in [0.4, 0.5) is 11.4 Å². The topological polar surface area (TPSA) is 105 Å². The second-order valence-electron chi connectivity index (χ2n) is 6.82. The Labute approximate surface area is 179 Å². The van der Waals surface area contributed by atoms with Gasteiger partial charge in [0.25, 0.3) is 5.56 Å². The van der Waals surface area contributed by atoms with Gasteiger partial charge >= 0.3 is 6.01 Å². The summed E-state index contributed by atoms with van der Waals surface area (Å²) in [5.41, 5.74) is 1.87. The van der Waals surface area contributed by atoms with Gasteiger partial charge in [-0.1, -0.05) is 6.92 Å². The first-order valence-electron chi connectivity index (χ1n) is 9.56. The molecular weight excluding hydrogens is 416 g/mol. The monoisotopic (exact) mass is 436 g/mol. The van der Waals surface area contributed by atoms with Crippen LogP contribution in [0.15, 0.2) is 76.7 Å². The summed E-state index contributed by atoms with van der Waals surface area (Å²) >= 11 is 0. The van der Waals surface area contributed by atoms with Crippen molar-refractivity contribution < 1.29 is 13.2 Å². The first-order valence-corrected chi connectivity index (χ1v) is 11.2. The smallest absolute Gasteiger partial charge is 0.302 e. The van der Waals surface area contributed by atoms with Gasteiger partial charge in [-0.05, 0) is 54.6 Å². The molecular formula is C22H20N4O4S. The minimum atomic E-state index is -3.23. The van der Waals surface area contributed by atoms with Gasteiger partial charge in [0.1, 0.15) is 5.75 Å². The first kappa shape index (κ1) is 20.5. The van der Waals surface area contributed by atoms with Gasteiger partial charge in [-0.25, -0.2) is 8.42 Å². The molecule has 8 nitrogen and oxygen atoms in total. The molecule has 0 aliphatic carbocycles. The second-order valence-corrected chi connectivity index (χ2v) is 9.09. The van der Waals surface area contributed by atoms with Crippen molar-refractivity contribution in [3.8, 4) is 11.8 Å². The summed E-state index contributed by atoms with van der Waals surface area (Å²) < 4.78 is 29.6. The third-order valence-corrected chi connectivity index (χ3v) is 6.64. The van der Waals surface area contributed by atoms with E-state index in [-0.39, 0.29) is 17.3 Å². The van der Waals surface area contributed by atoms with Crippen LogP contribution >= 0.6 is 0 Å². The predicted octanol–water partition coefficient (Wildman–Crippen LogP) is 3.67. The zero-order valence-corrected chi connectivity index (χ0v) is 17.8. The van der Waals surface area contributed by atoms with E-state index in [4.69, 9.17) is 4.74 Å². The fourth-order valence-corrected chi connectivity index (χ4v) is 3.94. The van der Waals surface area contributed by atoms with Crippen LogP contribution in [0.25, 0.3) is 10.9 Å². The molecule has 2 heterocycles. The molecule has 4 rings (SSSR count). The molecule has 0 aliphatic heterocycles. The number of anilines is 2. The largest absolute Gasteiger partial charge is 0.426 e. The van der Waals surface area contributed by atoms with Crippen LogP contribution in [0.5, 0.6) is 11.8 Å². The Morgan fingerprint density at radius 2 is 1.65 bits per heavy atom. The van der Waals surface area contributed by atoms with E-state index >= 15 is 0 Å². The molecule has 2 aromatic heterocycles. The number of nitrogens with one attached hydrogen (secondary N) is 1.